The van der Waals surface area contributed by atoms with E-state index in [1.165, 1.54) is 77.4 Å². The number of rotatable bonds is 1. The minimum Gasteiger partial charge on any atom is -0.455 e. The highest BCUT2D eigenvalue weighted by Crippen LogP contribution is 2.63. The van der Waals surface area contributed by atoms with E-state index in [1.807, 2.05) is 0 Å². The van der Waals surface area contributed by atoms with E-state index in [0.29, 0.717) is 0 Å². The van der Waals surface area contributed by atoms with Crippen molar-refractivity contribution in [1.29, 1.82) is 0 Å². The molecule has 1 spiro atoms. The lowest BCUT2D eigenvalue weighted by molar-refractivity contribution is 0.672. The number of hydrogen-bond acceptors (Lipinski definition) is 1. The molecule has 10 rings (SSSR count). The molecule has 43 heavy (non-hydrogen) atoms. The van der Waals surface area contributed by atoms with Crippen molar-refractivity contribution >= 4 is 32.7 Å². The molecule has 0 aliphatic heterocycles. The Morgan fingerprint density at radius 3 is 1.72 bits per heavy atom. The Hall–Kier alpha value is -5.40. The topological polar surface area (TPSA) is 13.1 Å². The van der Waals surface area contributed by atoms with E-state index in [4.69, 9.17) is 4.42 Å². The number of hydrogen-bond donors (Lipinski definition) is 0. The molecule has 0 amide bonds. The second-order valence-corrected chi connectivity index (χ2v) is 12.0. The Kier molecular flexibility index (Phi) is 4.38. The van der Waals surface area contributed by atoms with Crippen LogP contribution in [-0.2, 0) is 5.41 Å². The normalized spacial score (nSPS) is 13.9. The highest BCUT2D eigenvalue weighted by Gasteiger charge is 2.51. The first-order valence-electron chi connectivity index (χ1n) is 15.0. The van der Waals surface area contributed by atoms with Crippen molar-refractivity contribution in [3.8, 4) is 33.4 Å². The lowest BCUT2D eigenvalue weighted by atomic mass is 9.70. The Balaban J connectivity index is 1.30. The summed E-state index contributed by atoms with van der Waals surface area (Å²) in [6, 6.07) is 51.6. The molecule has 7 aromatic carbocycles. The van der Waals surface area contributed by atoms with Crippen molar-refractivity contribution in [3.63, 3.8) is 0 Å². The van der Waals surface area contributed by atoms with Crippen LogP contribution >= 0.6 is 0 Å². The van der Waals surface area contributed by atoms with Crippen LogP contribution in [0.4, 0.5) is 0 Å². The summed E-state index contributed by atoms with van der Waals surface area (Å²) in [5.41, 5.74) is 16.1. The monoisotopic (exact) mass is 546 g/mol. The molecule has 1 aromatic heterocycles. The zero-order valence-electron chi connectivity index (χ0n) is 23.7. The summed E-state index contributed by atoms with van der Waals surface area (Å²) in [7, 11) is 0. The van der Waals surface area contributed by atoms with Gasteiger partial charge in [-0.2, -0.15) is 0 Å². The summed E-state index contributed by atoms with van der Waals surface area (Å²) in [5, 5.41) is 4.75. The van der Waals surface area contributed by atoms with Crippen LogP contribution in [-0.4, -0.2) is 0 Å². The van der Waals surface area contributed by atoms with Gasteiger partial charge >= 0.3 is 0 Å². The Bertz CT molecular complexity index is 2430. The van der Waals surface area contributed by atoms with Gasteiger partial charge in [-0.05, 0) is 91.7 Å². The molecule has 8 aromatic rings. The fraction of sp³-hybridized carbons (Fsp3) is 0.0476. The van der Waals surface area contributed by atoms with Crippen molar-refractivity contribution in [2.24, 2.45) is 0 Å². The molecule has 2 aliphatic rings. The zero-order chi connectivity index (χ0) is 28.3. The van der Waals surface area contributed by atoms with Crippen molar-refractivity contribution in [2.45, 2.75) is 12.3 Å². The second kappa shape index (κ2) is 8.12. The predicted molar refractivity (Wildman–Crippen MR) is 178 cm³/mol. The molecule has 0 unspecified atom stereocenters. The van der Waals surface area contributed by atoms with E-state index in [9.17, 15) is 0 Å². The molecule has 0 fully saturated rings. The summed E-state index contributed by atoms with van der Waals surface area (Å²) in [6.07, 6.45) is 0. The molecule has 0 saturated carbocycles. The zero-order valence-corrected chi connectivity index (χ0v) is 23.7. The maximum atomic E-state index is 6.49. The molecule has 1 nitrogen and oxygen atoms in total. The third kappa shape index (κ3) is 2.78. The average Bonchev–Trinajstić information content (AvgIpc) is 3.69. The van der Waals surface area contributed by atoms with Gasteiger partial charge in [-0.15, -0.1) is 0 Å². The van der Waals surface area contributed by atoms with Gasteiger partial charge in [0, 0.05) is 16.2 Å². The van der Waals surface area contributed by atoms with Crippen molar-refractivity contribution in [3.05, 3.63) is 167 Å². The Morgan fingerprint density at radius 1 is 0.442 bits per heavy atom. The maximum absolute atomic E-state index is 6.49. The van der Waals surface area contributed by atoms with Crippen LogP contribution in [0.1, 0.15) is 27.8 Å². The minimum absolute atomic E-state index is 0.318. The summed E-state index contributed by atoms with van der Waals surface area (Å²) in [4.78, 5) is 0. The number of benzene rings is 7. The smallest absolute Gasteiger partial charge is 0.143 e. The molecule has 0 atom stereocenters. The van der Waals surface area contributed by atoms with Gasteiger partial charge in [0.1, 0.15) is 11.2 Å². The second-order valence-electron chi connectivity index (χ2n) is 12.0. The lowest BCUT2D eigenvalue weighted by Gasteiger charge is -2.30. The van der Waals surface area contributed by atoms with E-state index >= 15 is 0 Å². The molecule has 0 N–H and O–H groups in total. The van der Waals surface area contributed by atoms with Gasteiger partial charge in [0.2, 0.25) is 0 Å². The van der Waals surface area contributed by atoms with Gasteiger partial charge in [0.25, 0.3) is 0 Å². The molecule has 2 aliphatic carbocycles. The van der Waals surface area contributed by atoms with E-state index in [-0.39, 0.29) is 5.41 Å². The van der Waals surface area contributed by atoms with Crippen LogP contribution in [0.5, 0.6) is 0 Å². The van der Waals surface area contributed by atoms with Gasteiger partial charge in [-0.25, -0.2) is 0 Å². The molecule has 0 radical (unpaired) electrons. The number of aryl methyl sites for hydroxylation is 1. The highest BCUT2D eigenvalue weighted by atomic mass is 16.3. The molecule has 1 heteroatoms. The maximum Gasteiger partial charge on any atom is 0.143 e. The average molecular weight is 547 g/mol. The molecular weight excluding hydrogens is 520 g/mol. The summed E-state index contributed by atoms with van der Waals surface area (Å²) in [5.74, 6) is 0. The third-order valence-electron chi connectivity index (χ3n) is 10.0. The number of furan rings is 1. The van der Waals surface area contributed by atoms with Crippen LogP contribution in [0.2, 0.25) is 0 Å². The first-order chi connectivity index (χ1) is 21.2. The number of fused-ring (bicyclic) bond motifs is 15. The molecule has 200 valence electrons. The molecule has 0 bridgehead atoms. The van der Waals surface area contributed by atoms with Gasteiger partial charge < -0.3 is 4.42 Å². The summed E-state index contributed by atoms with van der Waals surface area (Å²) in [6.45, 7) is 2.18. The Morgan fingerprint density at radius 2 is 1.02 bits per heavy atom. The quantitative estimate of drug-likeness (QED) is 0.200. The van der Waals surface area contributed by atoms with Crippen molar-refractivity contribution < 1.29 is 4.42 Å². The lowest BCUT2D eigenvalue weighted by Crippen LogP contribution is -2.25. The van der Waals surface area contributed by atoms with E-state index in [2.05, 4.69) is 146 Å². The van der Waals surface area contributed by atoms with E-state index < -0.39 is 0 Å². The standard InChI is InChI=1S/C42H26O/c1-25-11-10-20-39-40(25)34-24-32(27-12-2-3-16-31(27)41(34)43-39)26-21-22-38-33(23-26)30-15-6-9-19-37(30)42(38)35-17-7-4-13-28(35)29-14-5-8-18-36(29)42/h2-24H,1H3. The van der Waals surface area contributed by atoms with Crippen LogP contribution < -0.4 is 0 Å². The first kappa shape index (κ1) is 23.2. The van der Waals surface area contributed by atoms with E-state index in [1.54, 1.807) is 0 Å². The van der Waals surface area contributed by atoms with Crippen LogP contribution in [0.15, 0.2) is 144 Å². The first-order valence-corrected chi connectivity index (χ1v) is 15.0. The summed E-state index contributed by atoms with van der Waals surface area (Å²) < 4.78 is 6.49. The van der Waals surface area contributed by atoms with Gasteiger partial charge in [-0.3, -0.25) is 0 Å². The fourth-order valence-electron chi connectivity index (χ4n) is 8.33. The highest BCUT2D eigenvalue weighted by molar-refractivity contribution is 6.20. The van der Waals surface area contributed by atoms with Gasteiger partial charge in [-0.1, -0.05) is 121 Å². The molecule has 1 heterocycles. The van der Waals surface area contributed by atoms with Crippen molar-refractivity contribution in [2.75, 3.05) is 0 Å². The van der Waals surface area contributed by atoms with Crippen LogP contribution in [0, 0.1) is 6.92 Å². The summed E-state index contributed by atoms with van der Waals surface area (Å²) >= 11 is 0. The van der Waals surface area contributed by atoms with Gasteiger partial charge in [0.15, 0.2) is 0 Å². The molecule has 0 saturated heterocycles. The minimum atomic E-state index is -0.318. The Labute approximate surface area is 249 Å². The van der Waals surface area contributed by atoms with Crippen LogP contribution in [0.3, 0.4) is 0 Å². The SMILES string of the molecule is Cc1cccc2oc3c4ccccc4c(-c4ccc5c(c4)-c4ccccc4C54c5ccccc5-c5ccccc54)cc3c12. The predicted octanol–water partition coefficient (Wildman–Crippen LogP) is 11.1. The van der Waals surface area contributed by atoms with Gasteiger partial charge in [0.05, 0.1) is 5.41 Å². The van der Waals surface area contributed by atoms with Crippen LogP contribution in [0.25, 0.3) is 66.1 Å². The molecular formula is C42H26O. The van der Waals surface area contributed by atoms with E-state index in [0.717, 1.165) is 16.6 Å². The largest absolute Gasteiger partial charge is 0.455 e. The fourth-order valence-corrected chi connectivity index (χ4v) is 8.33. The third-order valence-corrected chi connectivity index (χ3v) is 10.0. The van der Waals surface area contributed by atoms with Crippen molar-refractivity contribution in [1.82, 2.24) is 0 Å².